The number of ether oxygens (including phenoxy) is 2. The first kappa shape index (κ1) is 22.0. The van der Waals surface area contributed by atoms with Crippen LogP contribution in [0.3, 0.4) is 0 Å². The molecule has 0 bridgehead atoms. The second-order valence-electron chi connectivity index (χ2n) is 8.31. The second-order valence-corrected chi connectivity index (χ2v) is 8.31. The van der Waals surface area contributed by atoms with E-state index in [9.17, 15) is 4.79 Å². The van der Waals surface area contributed by atoms with Crippen LogP contribution in [0.25, 0.3) is 22.8 Å². The molecule has 0 amide bonds. The van der Waals surface area contributed by atoms with Crippen molar-refractivity contribution >= 4 is 0 Å². The van der Waals surface area contributed by atoms with Gasteiger partial charge in [-0.2, -0.15) is 0 Å². The number of aromatic nitrogens is 3. The van der Waals surface area contributed by atoms with E-state index in [1.54, 1.807) is 7.11 Å². The van der Waals surface area contributed by atoms with Gasteiger partial charge in [0.25, 0.3) is 0 Å². The van der Waals surface area contributed by atoms with Crippen molar-refractivity contribution in [2.24, 2.45) is 0 Å². The zero-order chi connectivity index (χ0) is 23.5. The Hall–Kier alpha value is -3.85. The van der Waals surface area contributed by atoms with Crippen LogP contribution in [-0.2, 0) is 13.2 Å². The number of nitrogens with zero attached hydrogens (tertiary/aromatic N) is 3. The van der Waals surface area contributed by atoms with E-state index in [4.69, 9.17) is 18.9 Å². The molecule has 0 saturated carbocycles. The molecule has 5 rings (SSSR count). The molecule has 1 N–H and O–H groups in total. The van der Waals surface area contributed by atoms with Gasteiger partial charge < -0.3 is 13.9 Å². The molecule has 1 aliphatic rings. The van der Waals surface area contributed by atoms with E-state index in [0.29, 0.717) is 23.2 Å². The Morgan fingerprint density at radius 3 is 2.53 bits per heavy atom. The minimum atomic E-state index is -0.585. The molecule has 176 valence electrons. The highest BCUT2D eigenvalue weighted by Crippen LogP contribution is 2.28. The van der Waals surface area contributed by atoms with Crippen LogP contribution < -0.4 is 15.2 Å². The van der Waals surface area contributed by atoms with E-state index >= 15 is 0 Å². The number of hydrogen-bond acceptors (Lipinski definition) is 8. The van der Waals surface area contributed by atoms with Crippen molar-refractivity contribution in [1.29, 1.82) is 0 Å². The van der Waals surface area contributed by atoms with Gasteiger partial charge in [-0.1, -0.05) is 5.16 Å². The molecule has 0 atom stereocenters. The van der Waals surface area contributed by atoms with E-state index in [-0.39, 0.29) is 6.61 Å². The molecule has 2 aromatic carbocycles. The fraction of sp³-hybridized carbons (Fsp3) is 0.320. The van der Waals surface area contributed by atoms with Crippen LogP contribution in [0.2, 0.25) is 0 Å². The highest BCUT2D eigenvalue weighted by atomic mass is 16.5. The zero-order valence-corrected chi connectivity index (χ0v) is 19.2. The number of rotatable bonds is 8. The van der Waals surface area contributed by atoms with Crippen LogP contribution in [-0.4, -0.2) is 40.2 Å². The summed E-state index contributed by atoms with van der Waals surface area (Å²) in [6, 6.07) is 13.2. The van der Waals surface area contributed by atoms with Crippen LogP contribution >= 0.6 is 0 Å². The van der Waals surface area contributed by atoms with E-state index in [1.165, 1.54) is 12.8 Å². The Balaban J connectivity index is 1.36. The van der Waals surface area contributed by atoms with Gasteiger partial charge in [0.15, 0.2) is 11.6 Å². The molecule has 9 heteroatoms. The minimum absolute atomic E-state index is 0.256. The SMILES string of the molecule is COc1ccc(-c2nc(CN3CCCC3)c(COc3ccc(-c4noc(=O)[nH]4)c(C)c3)o2)cc1. The highest BCUT2D eigenvalue weighted by molar-refractivity contribution is 5.60. The molecule has 0 aliphatic carbocycles. The first-order chi connectivity index (χ1) is 16.6. The summed E-state index contributed by atoms with van der Waals surface area (Å²) in [6.07, 6.45) is 2.41. The molecule has 2 aromatic heterocycles. The number of benzene rings is 2. The Bertz CT molecular complexity index is 1320. The number of aromatic amines is 1. The predicted molar refractivity (Wildman–Crippen MR) is 125 cm³/mol. The number of H-pyrrole nitrogens is 1. The average Bonchev–Trinajstić information content (AvgIpc) is 3.60. The first-order valence-electron chi connectivity index (χ1n) is 11.2. The van der Waals surface area contributed by atoms with Gasteiger partial charge in [-0.3, -0.25) is 14.4 Å². The second kappa shape index (κ2) is 9.56. The number of methoxy groups -OCH3 is 1. The lowest BCUT2D eigenvalue weighted by atomic mass is 10.1. The van der Waals surface area contributed by atoms with Crippen LogP contribution in [0, 0.1) is 6.92 Å². The molecule has 4 aromatic rings. The summed E-state index contributed by atoms with van der Waals surface area (Å²) in [6.45, 7) is 5.04. The number of aryl methyl sites for hydroxylation is 1. The third-order valence-electron chi connectivity index (χ3n) is 5.95. The summed E-state index contributed by atoms with van der Waals surface area (Å²) in [5, 5.41) is 3.75. The topological polar surface area (TPSA) is 107 Å². The fourth-order valence-corrected chi connectivity index (χ4v) is 4.12. The normalized spacial score (nSPS) is 13.9. The van der Waals surface area contributed by atoms with E-state index in [0.717, 1.165) is 47.8 Å². The lowest BCUT2D eigenvalue weighted by Gasteiger charge is -2.13. The van der Waals surface area contributed by atoms with E-state index in [1.807, 2.05) is 49.4 Å². The van der Waals surface area contributed by atoms with Gasteiger partial charge in [-0.15, -0.1) is 0 Å². The van der Waals surface area contributed by atoms with Crippen LogP contribution in [0.4, 0.5) is 0 Å². The lowest BCUT2D eigenvalue weighted by molar-refractivity contribution is 0.263. The molecule has 0 unspecified atom stereocenters. The molecular weight excluding hydrogens is 436 g/mol. The molecule has 34 heavy (non-hydrogen) atoms. The van der Waals surface area contributed by atoms with Gasteiger partial charge in [-0.25, -0.2) is 9.78 Å². The Kier molecular flexibility index (Phi) is 6.18. The standard InChI is InChI=1S/C25H26N4O5/c1-16-13-19(9-10-20(16)23-27-25(30)34-28-23)32-15-22-21(14-29-11-3-4-12-29)26-24(33-22)17-5-7-18(31-2)8-6-17/h5-10,13H,3-4,11-12,14-15H2,1-2H3,(H,27,28,30). The van der Waals surface area contributed by atoms with E-state index < -0.39 is 5.76 Å². The monoisotopic (exact) mass is 462 g/mol. The van der Waals surface area contributed by atoms with Crippen LogP contribution in [0.1, 0.15) is 29.9 Å². The fourth-order valence-electron chi connectivity index (χ4n) is 4.12. The maximum atomic E-state index is 11.3. The molecule has 1 fully saturated rings. The van der Waals surface area contributed by atoms with Gasteiger partial charge in [0, 0.05) is 17.7 Å². The third kappa shape index (κ3) is 4.74. The Morgan fingerprint density at radius 2 is 1.85 bits per heavy atom. The summed E-state index contributed by atoms with van der Waals surface area (Å²) in [7, 11) is 1.64. The molecule has 1 aliphatic heterocycles. The highest BCUT2D eigenvalue weighted by Gasteiger charge is 2.20. The summed E-state index contributed by atoms with van der Waals surface area (Å²) < 4.78 is 22.1. The van der Waals surface area contributed by atoms with Crippen molar-refractivity contribution in [3.63, 3.8) is 0 Å². The molecule has 9 nitrogen and oxygen atoms in total. The number of likely N-dealkylation sites (tertiary alicyclic amines) is 1. The molecule has 0 radical (unpaired) electrons. The van der Waals surface area contributed by atoms with Gasteiger partial charge in [0.1, 0.15) is 23.8 Å². The predicted octanol–water partition coefficient (Wildman–Crippen LogP) is 4.18. The third-order valence-corrected chi connectivity index (χ3v) is 5.95. The summed E-state index contributed by atoms with van der Waals surface area (Å²) in [5.74, 6) is 2.54. The van der Waals surface area contributed by atoms with Crippen LogP contribution in [0.15, 0.2) is 56.2 Å². The van der Waals surface area contributed by atoms with Crippen molar-refractivity contribution in [3.05, 3.63) is 70.0 Å². The number of oxazole rings is 1. The van der Waals surface area contributed by atoms with Crippen LogP contribution in [0.5, 0.6) is 11.5 Å². The number of hydrogen-bond donors (Lipinski definition) is 1. The first-order valence-corrected chi connectivity index (χ1v) is 11.2. The van der Waals surface area contributed by atoms with E-state index in [2.05, 4.69) is 19.6 Å². The zero-order valence-electron chi connectivity index (χ0n) is 19.2. The quantitative estimate of drug-likeness (QED) is 0.416. The Labute approximate surface area is 196 Å². The molecular formula is C25H26N4O5. The van der Waals surface area contributed by atoms with Gasteiger partial charge in [0.05, 0.1) is 7.11 Å². The van der Waals surface area contributed by atoms with Crippen molar-refractivity contribution in [3.8, 4) is 34.3 Å². The van der Waals surface area contributed by atoms with Gasteiger partial charge >= 0.3 is 5.76 Å². The summed E-state index contributed by atoms with van der Waals surface area (Å²) in [5.41, 5.74) is 3.45. The molecule has 0 spiro atoms. The average molecular weight is 463 g/mol. The van der Waals surface area contributed by atoms with Crippen molar-refractivity contribution < 1.29 is 18.4 Å². The maximum Gasteiger partial charge on any atom is 0.439 e. The van der Waals surface area contributed by atoms with Crippen molar-refractivity contribution in [2.45, 2.75) is 32.9 Å². The smallest absolute Gasteiger partial charge is 0.439 e. The molecule has 1 saturated heterocycles. The largest absolute Gasteiger partial charge is 0.497 e. The number of nitrogens with one attached hydrogen (secondary N) is 1. The van der Waals surface area contributed by atoms with Gasteiger partial charge in [0.2, 0.25) is 5.89 Å². The van der Waals surface area contributed by atoms with Crippen molar-refractivity contribution in [1.82, 2.24) is 20.0 Å². The molecule has 3 heterocycles. The lowest BCUT2D eigenvalue weighted by Crippen LogP contribution is -2.19. The maximum absolute atomic E-state index is 11.3. The van der Waals surface area contributed by atoms with Gasteiger partial charge in [-0.05, 0) is 80.9 Å². The summed E-state index contributed by atoms with van der Waals surface area (Å²) in [4.78, 5) is 21.0. The Morgan fingerprint density at radius 1 is 1.09 bits per heavy atom. The minimum Gasteiger partial charge on any atom is -0.497 e. The summed E-state index contributed by atoms with van der Waals surface area (Å²) >= 11 is 0. The van der Waals surface area contributed by atoms with Crippen molar-refractivity contribution in [2.75, 3.05) is 20.2 Å².